The highest BCUT2D eigenvalue weighted by Gasteiger charge is 2.12. The molecule has 1 amide bonds. The predicted molar refractivity (Wildman–Crippen MR) is 116 cm³/mol. The van der Waals surface area contributed by atoms with E-state index in [0.717, 1.165) is 6.07 Å². The van der Waals surface area contributed by atoms with Crippen LogP contribution in [0.15, 0.2) is 65.8 Å². The molecular formula is C21H12Cl2N4O4. The molecule has 154 valence electrons. The molecular weight excluding hydrogens is 443 g/mol. The van der Waals surface area contributed by atoms with Crippen LogP contribution in [0.1, 0.15) is 21.5 Å². The average Bonchev–Trinajstić information content (AvgIpc) is 2.76. The molecule has 0 bridgehead atoms. The monoisotopic (exact) mass is 454 g/mol. The lowest BCUT2D eigenvalue weighted by Crippen LogP contribution is -2.17. The molecule has 0 aliphatic heterocycles. The van der Waals surface area contributed by atoms with Gasteiger partial charge in [0.05, 0.1) is 21.2 Å². The van der Waals surface area contributed by atoms with Gasteiger partial charge < -0.3 is 4.74 Å². The predicted octanol–water partition coefficient (Wildman–Crippen LogP) is 5.33. The van der Waals surface area contributed by atoms with E-state index in [1.165, 1.54) is 36.5 Å². The van der Waals surface area contributed by atoms with Crippen LogP contribution in [0.3, 0.4) is 0 Å². The van der Waals surface area contributed by atoms with Crippen molar-refractivity contribution >= 4 is 41.0 Å². The third-order valence-electron chi connectivity index (χ3n) is 3.94. The summed E-state index contributed by atoms with van der Waals surface area (Å²) in [7, 11) is 0. The van der Waals surface area contributed by atoms with Gasteiger partial charge in [0, 0.05) is 17.7 Å². The summed E-state index contributed by atoms with van der Waals surface area (Å²) < 4.78 is 5.68. The molecule has 0 radical (unpaired) electrons. The van der Waals surface area contributed by atoms with Gasteiger partial charge in [-0.25, -0.2) is 5.43 Å². The number of amides is 1. The summed E-state index contributed by atoms with van der Waals surface area (Å²) in [6.45, 7) is 0. The topological polar surface area (TPSA) is 118 Å². The van der Waals surface area contributed by atoms with Gasteiger partial charge in [0.2, 0.25) is 0 Å². The van der Waals surface area contributed by atoms with E-state index in [1.54, 1.807) is 24.3 Å². The van der Waals surface area contributed by atoms with Crippen molar-refractivity contribution in [3.05, 3.63) is 97.5 Å². The van der Waals surface area contributed by atoms with Gasteiger partial charge in [0.15, 0.2) is 0 Å². The summed E-state index contributed by atoms with van der Waals surface area (Å²) in [5, 5.41) is 24.6. The van der Waals surface area contributed by atoms with Gasteiger partial charge >= 0.3 is 0 Å². The minimum atomic E-state index is -0.589. The highest BCUT2D eigenvalue weighted by Crippen LogP contribution is 2.28. The molecule has 8 nitrogen and oxygen atoms in total. The number of hydrogen-bond donors (Lipinski definition) is 1. The molecule has 0 unspecified atom stereocenters. The Balaban J connectivity index is 1.70. The molecule has 3 aromatic carbocycles. The van der Waals surface area contributed by atoms with Gasteiger partial charge in [-0.3, -0.25) is 14.9 Å². The zero-order valence-electron chi connectivity index (χ0n) is 15.6. The molecule has 0 saturated heterocycles. The summed E-state index contributed by atoms with van der Waals surface area (Å²) in [5.41, 5.74) is 3.10. The van der Waals surface area contributed by atoms with E-state index in [0.29, 0.717) is 21.9 Å². The Morgan fingerprint density at radius 1 is 1.13 bits per heavy atom. The molecule has 0 saturated carbocycles. The maximum absolute atomic E-state index is 12.1. The molecule has 0 aromatic heterocycles. The number of carbonyl (C=O) groups excluding carboxylic acids is 1. The van der Waals surface area contributed by atoms with E-state index >= 15 is 0 Å². The van der Waals surface area contributed by atoms with Gasteiger partial charge in [0.1, 0.15) is 23.1 Å². The number of rotatable bonds is 6. The fourth-order valence-corrected chi connectivity index (χ4v) is 2.76. The fourth-order valence-electron chi connectivity index (χ4n) is 2.46. The molecule has 10 heteroatoms. The quantitative estimate of drug-likeness (QED) is 0.306. The summed E-state index contributed by atoms with van der Waals surface area (Å²) >= 11 is 11.7. The number of carbonyl (C=O) groups is 1. The number of nitro benzene ring substituents is 1. The van der Waals surface area contributed by atoms with Crippen LogP contribution >= 0.6 is 23.2 Å². The maximum Gasteiger partial charge on any atom is 0.271 e. The second-order valence-corrected chi connectivity index (χ2v) is 6.87. The first-order valence-electron chi connectivity index (χ1n) is 8.62. The zero-order chi connectivity index (χ0) is 22.4. The van der Waals surface area contributed by atoms with Crippen molar-refractivity contribution in [2.45, 2.75) is 0 Å². The maximum atomic E-state index is 12.1. The minimum absolute atomic E-state index is 0.0298. The summed E-state index contributed by atoms with van der Waals surface area (Å²) in [5.74, 6) is 0.0898. The molecule has 0 spiro atoms. The van der Waals surface area contributed by atoms with Gasteiger partial charge in [-0.15, -0.1) is 0 Å². The van der Waals surface area contributed by atoms with E-state index in [-0.39, 0.29) is 22.0 Å². The van der Waals surface area contributed by atoms with Crippen LogP contribution in [-0.4, -0.2) is 17.0 Å². The Morgan fingerprint density at radius 2 is 1.94 bits per heavy atom. The number of hydrazone groups is 1. The third kappa shape index (κ3) is 5.57. The molecule has 31 heavy (non-hydrogen) atoms. The lowest BCUT2D eigenvalue weighted by molar-refractivity contribution is -0.384. The number of halogens is 2. The molecule has 0 aliphatic carbocycles. The number of nitro groups is 1. The molecule has 0 heterocycles. The second-order valence-electron chi connectivity index (χ2n) is 6.05. The number of nitrogens with one attached hydrogen (secondary N) is 1. The Bertz CT molecular complexity index is 1240. The number of nitrogens with zero attached hydrogens (tertiary/aromatic N) is 3. The van der Waals surface area contributed by atoms with Crippen molar-refractivity contribution in [2.24, 2.45) is 5.10 Å². The Labute approximate surface area is 186 Å². The number of benzene rings is 3. The largest absolute Gasteiger partial charge is 0.456 e. The number of hydrogen-bond acceptors (Lipinski definition) is 6. The van der Waals surface area contributed by atoms with Crippen molar-refractivity contribution in [2.75, 3.05) is 0 Å². The Hall–Kier alpha value is -3.93. The van der Waals surface area contributed by atoms with Crippen LogP contribution in [0.4, 0.5) is 5.69 Å². The SMILES string of the molecule is N#Cc1cc([N+](=O)[O-])ccc1Oc1cccc(/C=N/NC(=O)c2ccc(Cl)c(Cl)c2)c1. The van der Waals surface area contributed by atoms with Crippen LogP contribution in [0.5, 0.6) is 11.5 Å². The van der Waals surface area contributed by atoms with Crippen LogP contribution in [0.2, 0.25) is 10.0 Å². The van der Waals surface area contributed by atoms with Gasteiger partial charge in [-0.2, -0.15) is 10.4 Å². The van der Waals surface area contributed by atoms with E-state index in [9.17, 15) is 20.2 Å². The molecule has 3 aromatic rings. The van der Waals surface area contributed by atoms with Crippen LogP contribution in [-0.2, 0) is 0 Å². The highest BCUT2D eigenvalue weighted by atomic mass is 35.5. The van der Waals surface area contributed by atoms with Crippen molar-refractivity contribution < 1.29 is 14.5 Å². The standard InChI is InChI=1S/C21H12Cl2N4O4/c22-18-6-4-14(10-19(18)23)21(28)26-25-12-13-2-1-3-17(8-13)31-20-7-5-16(27(29)30)9-15(20)11-24/h1-10,12H,(H,26,28)/b25-12+. The summed E-state index contributed by atoms with van der Waals surface area (Å²) in [6, 6.07) is 16.8. The molecule has 0 aliphatic rings. The zero-order valence-corrected chi connectivity index (χ0v) is 17.1. The van der Waals surface area contributed by atoms with Crippen molar-refractivity contribution in [3.8, 4) is 17.6 Å². The smallest absolute Gasteiger partial charge is 0.271 e. The molecule has 0 atom stereocenters. The van der Waals surface area contributed by atoms with Gasteiger partial charge in [0.25, 0.3) is 11.6 Å². The van der Waals surface area contributed by atoms with Gasteiger partial charge in [-0.1, -0.05) is 35.3 Å². The first-order chi connectivity index (χ1) is 14.9. The van der Waals surface area contributed by atoms with Gasteiger partial charge in [-0.05, 0) is 42.0 Å². The van der Waals surface area contributed by atoms with Crippen molar-refractivity contribution in [3.63, 3.8) is 0 Å². The lowest BCUT2D eigenvalue weighted by atomic mass is 10.2. The Kier molecular flexibility index (Phi) is 6.82. The van der Waals surface area contributed by atoms with Crippen LogP contribution in [0.25, 0.3) is 0 Å². The van der Waals surface area contributed by atoms with E-state index < -0.39 is 10.8 Å². The van der Waals surface area contributed by atoms with Crippen LogP contribution < -0.4 is 10.2 Å². The molecule has 0 fully saturated rings. The average molecular weight is 455 g/mol. The second kappa shape index (κ2) is 9.71. The van der Waals surface area contributed by atoms with E-state index in [4.69, 9.17) is 27.9 Å². The van der Waals surface area contributed by atoms with Crippen LogP contribution in [0, 0.1) is 21.4 Å². The molecule has 1 N–H and O–H groups in total. The van der Waals surface area contributed by atoms with Crippen molar-refractivity contribution in [1.29, 1.82) is 5.26 Å². The normalized spacial score (nSPS) is 10.5. The minimum Gasteiger partial charge on any atom is -0.456 e. The number of ether oxygens (including phenoxy) is 1. The highest BCUT2D eigenvalue weighted by molar-refractivity contribution is 6.42. The summed E-state index contributed by atoms with van der Waals surface area (Å²) in [4.78, 5) is 22.4. The van der Waals surface area contributed by atoms with E-state index in [1.807, 2.05) is 6.07 Å². The number of nitriles is 1. The van der Waals surface area contributed by atoms with E-state index in [2.05, 4.69) is 10.5 Å². The summed E-state index contributed by atoms with van der Waals surface area (Å²) in [6.07, 6.45) is 1.41. The number of non-ortho nitro benzene ring substituents is 1. The molecule has 3 rings (SSSR count). The third-order valence-corrected chi connectivity index (χ3v) is 4.68. The first-order valence-corrected chi connectivity index (χ1v) is 9.38. The Morgan fingerprint density at radius 3 is 2.65 bits per heavy atom. The first kappa shape index (κ1) is 21.8. The lowest BCUT2D eigenvalue weighted by Gasteiger charge is -2.08. The van der Waals surface area contributed by atoms with Crippen molar-refractivity contribution in [1.82, 2.24) is 5.43 Å². The fraction of sp³-hybridized carbons (Fsp3) is 0.